The van der Waals surface area contributed by atoms with E-state index >= 15 is 0 Å². The van der Waals surface area contributed by atoms with Crippen LogP contribution >= 0.6 is 0 Å². The van der Waals surface area contributed by atoms with Crippen LogP contribution in [-0.2, 0) is 14.3 Å². The molecule has 84 valence electrons. The van der Waals surface area contributed by atoms with Crippen molar-refractivity contribution in [3.05, 3.63) is 0 Å². The molecule has 0 atom stereocenters. The fourth-order valence-electron chi connectivity index (χ4n) is 1.98. The second-order valence-electron chi connectivity index (χ2n) is 4.38. The lowest BCUT2D eigenvalue weighted by molar-refractivity contribution is -0.897. The number of quaternary nitrogens is 1. The summed E-state index contributed by atoms with van der Waals surface area (Å²) in [5.41, 5.74) is 0. The Kier molecular flexibility index (Phi) is 3.92. The smallest absolute Gasteiger partial charge is 0.264 e. The molecule has 1 heterocycles. The fraction of sp³-hybridized carbons (Fsp3) is 1.00. The van der Waals surface area contributed by atoms with Gasteiger partial charge >= 0.3 is 0 Å². The van der Waals surface area contributed by atoms with E-state index in [0.717, 1.165) is 23.7 Å². The molecule has 0 radical (unpaired) electrons. The zero-order valence-electron chi connectivity index (χ0n) is 9.03. The standard InChI is InChI=1S/C9H20NO3S/c1-10(6-3-4-7-10)8-5-9-13-14(2,11)12/h3-9H2,1-2H3/q+1. The number of likely N-dealkylation sites (tertiary alicyclic amines) is 1. The third kappa shape index (κ3) is 4.39. The van der Waals surface area contributed by atoms with Crippen molar-refractivity contribution in [3.8, 4) is 0 Å². The van der Waals surface area contributed by atoms with Gasteiger partial charge in [0.2, 0.25) is 0 Å². The molecule has 0 aromatic heterocycles. The molecule has 1 saturated heterocycles. The molecular weight excluding hydrogens is 202 g/mol. The summed E-state index contributed by atoms with van der Waals surface area (Å²) in [5, 5.41) is 0. The van der Waals surface area contributed by atoms with Gasteiger partial charge in [0.05, 0.1) is 39.5 Å². The molecule has 0 aromatic carbocycles. The summed E-state index contributed by atoms with van der Waals surface area (Å²) in [6.07, 6.45) is 4.51. The van der Waals surface area contributed by atoms with Crippen LogP contribution in [-0.4, -0.2) is 52.4 Å². The number of rotatable bonds is 5. The fourth-order valence-corrected chi connectivity index (χ4v) is 2.40. The Balaban J connectivity index is 2.15. The van der Waals surface area contributed by atoms with E-state index in [1.807, 2.05) is 0 Å². The first-order valence-corrected chi connectivity index (χ1v) is 6.91. The molecule has 0 amide bonds. The van der Waals surface area contributed by atoms with E-state index in [-0.39, 0.29) is 0 Å². The Morgan fingerprint density at radius 1 is 1.29 bits per heavy atom. The molecule has 1 aliphatic heterocycles. The van der Waals surface area contributed by atoms with Crippen LogP contribution in [0, 0.1) is 0 Å². The molecule has 0 N–H and O–H groups in total. The quantitative estimate of drug-likeness (QED) is 0.388. The van der Waals surface area contributed by atoms with Gasteiger partial charge in [-0.2, -0.15) is 8.42 Å². The summed E-state index contributed by atoms with van der Waals surface area (Å²) >= 11 is 0. The predicted molar refractivity (Wildman–Crippen MR) is 55.4 cm³/mol. The molecule has 0 saturated carbocycles. The number of hydrogen-bond acceptors (Lipinski definition) is 3. The Hall–Kier alpha value is -0.130. The molecule has 4 nitrogen and oxygen atoms in total. The molecule has 0 aliphatic carbocycles. The van der Waals surface area contributed by atoms with Gasteiger partial charge in [-0.3, -0.25) is 4.18 Å². The van der Waals surface area contributed by atoms with Crippen LogP contribution in [0.5, 0.6) is 0 Å². The van der Waals surface area contributed by atoms with Gasteiger partial charge in [-0.25, -0.2) is 0 Å². The van der Waals surface area contributed by atoms with E-state index < -0.39 is 10.1 Å². The average molecular weight is 222 g/mol. The highest BCUT2D eigenvalue weighted by Crippen LogP contribution is 2.16. The lowest BCUT2D eigenvalue weighted by Crippen LogP contribution is -2.41. The molecule has 1 rings (SSSR count). The lowest BCUT2D eigenvalue weighted by Gasteiger charge is -2.28. The number of nitrogens with zero attached hydrogens (tertiary/aromatic N) is 1. The van der Waals surface area contributed by atoms with Crippen molar-refractivity contribution in [1.29, 1.82) is 0 Å². The van der Waals surface area contributed by atoms with Crippen LogP contribution in [0.4, 0.5) is 0 Å². The lowest BCUT2D eigenvalue weighted by atomic mass is 10.3. The maximum Gasteiger partial charge on any atom is 0.264 e. The largest absolute Gasteiger partial charge is 0.326 e. The molecule has 0 spiro atoms. The van der Waals surface area contributed by atoms with Crippen molar-refractivity contribution in [1.82, 2.24) is 0 Å². The summed E-state index contributed by atoms with van der Waals surface area (Å²) in [7, 11) is -1.02. The summed E-state index contributed by atoms with van der Waals surface area (Å²) < 4.78 is 27.1. The molecule has 0 bridgehead atoms. The van der Waals surface area contributed by atoms with E-state index in [9.17, 15) is 8.42 Å². The van der Waals surface area contributed by atoms with Gasteiger partial charge in [0, 0.05) is 19.3 Å². The van der Waals surface area contributed by atoms with Crippen molar-refractivity contribution in [2.45, 2.75) is 19.3 Å². The topological polar surface area (TPSA) is 43.4 Å². The highest BCUT2D eigenvalue weighted by atomic mass is 32.2. The molecule has 0 unspecified atom stereocenters. The van der Waals surface area contributed by atoms with Crippen molar-refractivity contribution < 1.29 is 17.1 Å². The summed E-state index contributed by atoms with van der Waals surface area (Å²) in [6.45, 7) is 3.79. The summed E-state index contributed by atoms with van der Waals surface area (Å²) in [4.78, 5) is 0. The maximum absolute atomic E-state index is 10.7. The van der Waals surface area contributed by atoms with E-state index in [4.69, 9.17) is 4.18 Å². The van der Waals surface area contributed by atoms with Crippen LogP contribution in [0.25, 0.3) is 0 Å². The van der Waals surface area contributed by atoms with Gasteiger partial charge in [-0.05, 0) is 0 Å². The average Bonchev–Trinajstić information content (AvgIpc) is 2.45. The van der Waals surface area contributed by atoms with E-state index in [1.54, 1.807) is 0 Å². The van der Waals surface area contributed by atoms with E-state index in [0.29, 0.717) is 6.61 Å². The Bertz CT molecular complexity index is 268. The Labute approximate surface area is 86.6 Å². The molecule has 5 heteroatoms. The van der Waals surface area contributed by atoms with Crippen molar-refractivity contribution >= 4 is 10.1 Å². The second kappa shape index (κ2) is 4.59. The van der Waals surface area contributed by atoms with Crippen LogP contribution in [0.3, 0.4) is 0 Å². The van der Waals surface area contributed by atoms with Gasteiger partial charge in [-0.15, -0.1) is 0 Å². The normalized spacial score (nSPS) is 21.3. The highest BCUT2D eigenvalue weighted by Gasteiger charge is 2.25. The van der Waals surface area contributed by atoms with E-state index in [1.165, 1.54) is 25.9 Å². The van der Waals surface area contributed by atoms with Crippen LogP contribution in [0.15, 0.2) is 0 Å². The highest BCUT2D eigenvalue weighted by molar-refractivity contribution is 7.85. The predicted octanol–water partition coefficient (Wildman–Crippen LogP) is 0.593. The van der Waals surface area contributed by atoms with Crippen LogP contribution < -0.4 is 0 Å². The minimum absolute atomic E-state index is 0.326. The number of hydrogen-bond donors (Lipinski definition) is 0. The first-order valence-electron chi connectivity index (χ1n) is 5.09. The maximum atomic E-state index is 10.7. The first kappa shape index (κ1) is 11.9. The monoisotopic (exact) mass is 222 g/mol. The zero-order chi connectivity index (χ0) is 10.7. The minimum atomic E-state index is -3.25. The van der Waals surface area contributed by atoms with Gasteiger partial charge < -0.3 is 4.48 Å². The summed E-state index contributed by atoms with van der Waals surface area (Å²) in [5.74, 6) is 0. The zero-order valence-corrected chi connectivity index (χ0v) is 9.85. The Morgan fingerprint density at radius 3 is 2.36 bits per heavy atom. The van der Waals surface area contributed by atoms with Crippen LogP contribution in [0.2, 0.25) is 0 Å². The molecule has 14 heavy (non-hydrogen) atoms. The van der Waals surface area contributed by atoms with Crippen molar-refractivity contribution in [2.75, 3.05) is 39.5 Å². The van der Waals surface area contributed by atoms with Gasteiger partial charge in [-0.1, -0.05) is 0 Å². The summed E-state index contributed by atoms with van der Waals surface area (Å²) in [6, 6.07) is 0. The third-order valence-corrected chi connectivity index (χ3v) is 3.38. The Morgan fingerprint density at radius 2 is 1.86 bits per heavy atom. The molecule has 1 fully saturated rings. The van der Waals surface area contributed by atoms with Crippen LogP contribution in [0.1, 0.15) is 19.3 Å². The van der Waals surface area contributed by atoms with E-state index in [2.05, 4.69) is 7.05 Å². The SMILES string of the molecule is C[N+]1(CCCOS(C)(=O)=O)CCCC1. The molecule has 1 aliphatic rings. The minimum Gasteiger partial charge on any atom is -0.326 e. The van der Waals surface area contributed by atoms with Crippen molar-refractivity contribution in [3.63, 3.8) is 0 Å². The van der Waals surface area contributed by atoms with Gasteiger partial charge in [0.1, 0.15) is 0 Å². The second-order valence-corrected chi connectivity index (χ2v) is 6.02. The third-order valence-electron chi connectivity index (χ3n) is 2.79. The van der Waals surface area contributed by atoms with Gasteiger partial charge in [0.25, 0.3) is 10.1 Å². The van der Waals surface area contributed by atoms with Gasteiger partial charge in [0.15, 0.2) is 0 Å². The first-order chi connectivity index (χ1) is 6.41. The molecule has 0 aromatic rings. The molecular formula is C9H20NO3S+. The van der Waals surface area contributed by atoms with Crippen molar-refractivity contribution in [2.24, 2.45) is 0 Å².